The number of aryl methyl sites for hydroxylation is 1. The Balaban J connectivity index is 1.37. The predicted molar refractivity (Wildman–Crippen MR) is 111 cm³/mol. The van der Waals surface area contributed by atoms with Crippen LogP contribution in [0.25, 0.3) is 0 Å². The van der Waals surface area contributed by atoms with Gasteiger partial charge in [-0.3, -0.25) is 9.59 Å². The van der Waals surface area contributed by atoms with Crippen LogP contribution in [0.4, 0.5) is 11.8 Å². The van der Waals surface area contributed by atoms with Crippen molar-refractivity contribution in [3.63, 3.8) is 0 Å². The van der Waals surface area contributed by atoms with Gasteiger partial charge in [0.25, 0.3) is 0 Å². The minimum absolute atomic E-state index is 0.0478. The van der Waals surface area contributed by atoms with Crippen molar-refractivity contribution in [2.24, 2.45) is 5.92 Å². The smallest absolute Gasteiger partial charge is 0.227 e. The van der Waals surface area contributed by atoms with Crippen molar-refractivity contribution in [3.05, 3.63) is 11.8 Å². The van der Waals surface area contributed by atoms with E-state index in [1.165, 1.54) is 0 Å². The molecule has 3 fully saturated rings. The molecule has 1 N–H and O–H groups in total. The minimum atomic E-state index is -0.0849. The molecule has 9 heteroatoms. The van der Waals surface area contributed by atoms with E-state index in [0.29, 0.717) is 32.5 Å². The molecule has 3 aliphatic heterocycles. The van der Waals surface area contributed by atoms with E-state index in [2.05, 4.69) is 38.1 Å². The highest BCUT2D eigenvalue weighted by Crippen LogP contribution is 2.21. The van der Waals surface area contributed by atoms with Gasteiger partial charge in [-0.25, -0.2) is 4.98 Å². The number of carbonyl (C=O) groups excluding carboxylic acids is 2. The van der Waals surface area contributed by atoms with Crippen molar-refractivity contribution in [2.75, 3.05) is 75.8 Å². The Labute approximate surface area is 172 Å². The van der Waals surface area contributed by atoms with Gasteiger partial charge in [0.1, 0.15) is 5.82 Å². The second-order valence-electron chi connectivity index (χ2n) is 8.31. The summed E-state index contributed by atoms with van der Waals surface area (Å²) >= 11 is 0. The van der Waals surface area contributed by atoms with E-state index in [4.69, 9.17) is 4.98 Å². The van der Waals surface area contributed by atoms with Crippen molar-refractivity contribution in [1.82, 2.24) is 25.1 Å². The number of aromatic nitrogens is 2. The third kappa shape index (κ3) is 4.60. The van der Waals surface area contributed by atoms with E-state index >= 15 is 0 Å². The molecule has 9 nitrogen and oxygen atoms in total. The second-order valence-corrected chi connectivity index (χ2v) is 8.31. The number of nitrogens with one attached hydrogen (secondary N) is 1. The van der Waals surface area contributed by atoms with E-state index < -0.39 is 0 Å². The van der Waals surface area contributed by atoms with Crippen LogP contribution in [0.1, 0.15) is 18.5 Å². The largest absolute Gasteiger partial charge is 0.355 e. The van der Waals surface area contributed by atoms with Gasteiger partial charge in [-0.05, 0) is 20.4 Å². The van der Waals surface area contributed by atoms with Gasteiger partial charge in [-0.15, -0.1) is 0 Å². The number of likely N-dealkylation sites (N-methyl/N-ethyl adjacent to an activating group) is 1. The van der Waals surface area contributed by atoms with E-state index in [0.717, 1.165) is 56.7 Å². The zero-order chi connectivity index (χ0) is 20.4. The maximum Gasteiger partial charge on any atom is 0.227 e. The first kappa shape index (κ1) is 19.9. The molecule has 1 unspecified atom stereocenters. The summed E-state index contributed by atoms with van der Waals surface area (Å²) in [5.41, 5.74) is 0.973. The van der Waals surface area contributed by atoms with E-state index in [-0.39, 0.29) is 17.7 Å². The van der Waals surface area contributed by atoms with E-state index in [1.54, 1.807) is 0 Å². The number of hydrogen-bond donors (Lipinski definition) is 1. The lowest BCUT2D eigenvalue weighted by molar-refractivity contribution is -0.137. The number of rotatable bonds is 3. The molecule has 0 aromatic carbocycles. The summed E-state index contributed by atoms with van der Waals surface area (Å²) < 4.78 is 0. The molecule has 1 atom stereocenters. The normalized spacial score (nSPS) is 23.9. The van der Waals surface area contributed by atoms with Crippen LogP contribution in [0.5, 0.6) is 0 Å². The number of carbonyl (C=O) groups is 2. The van der Waals surface area contributed by atoms with Crippen LogP contribution in [0.15, 0.2) is 6.07 Å². The highest BCUT2D eigenvalue weighted by Gasteiger charge is 2.31. The second kappa shape index (κ2) is 8.52. The molecule has 0 aliphatic carbocycles. The van der Waals surface area contributed by atoms with Crippen LogP contribution in [-0.2, 0) is 9.59 Å². The van der Waals surface area contributed by atoms with Crippen LogP contribution in [0.3, 0.4) is 0 Å². The van der Waals surface area contributed by atoms with Crippen molar-refractivity contribution >= 4 is 23.6 Å². The molecule has 4 heterocycles. The Morgan fingerprint density at radius 3 is 2.38 bits per heavy atom. The molecule has 2 amide bonds. The Morgan fingerprint density at radius 2 is 1.72 bits per heavy atom. The number of nitrogens with zero attached hydrogens (tertiary/aromatic N) is 6. The summed E-state index contributed by atoms with van der Waals surface area (Å²) in [6, 6.07) is 2.06. The molecule has 3 saturated heterocycles. The molecule has 29 heavy (non-hydrogen) atoms. The van der Waals surface area contributed by atoms with E-state index in [1.807, 2.05) is 11.8 Å². The van der Waals surface area contributed by atoms with Gasteiger partial charge < -0.3 is 24.9 Å². The fourth-order valence-electron chi connectivity index (χ4n) is 4.20. The summed E-state index contributed by atoms with van der Waals surface area (Å²) in [6.45, 7) is 9.33. The molecule has 3 aliphatic rings. The Hall–Kier alpha value is -2.42. The van der Waals surface area contributed by atoms with Gasteiger partial charge in [0.05, 0.1) is 5.92 Å². The summed E-state index contributed by atoms with van der Waals surface area (Å²) in [4.78, 5) is 42.4. The third-order valence-corrected chi connectivity index (χ3v) is 6.15. The average Bonchev–Trinajstić information content (AvgIpc) is 2.74. The van der Waals surface area contributed by atoms with Crippen LogP contribution in [0.2, 0.25) is 0 Å². The quantitative estimate of drug-likeness (QED) is 0.745. The van der Waals surface area contributed by atoms with Gasteiger partial charge in [-0.2, -0.15) is 4.98 Å². The maximum atomic E-state index is 12.8. The molecule has 1 aromatic heterocycles. The highest BCUT2D eigenvalue weighted by atomic mass is 16.2. The van der Waals surface area contributed by atoms with Gasteiger partial charge >= 0.3 is 0 Å². The van der Waals surface area contributed by atoms with Gasteiger partial charge in [0.15, 0.2) is 0 Å². The zero-order valence-corrected chi connectivity index (χ0v) is 17.4. The van der Waals surface area contributed by atoms with Crippen molar-refractivity contribution in [3.8, 4) is 0 Å². The molecule has 0 saturated carbocycles. The molecule has 0 bridgehead atoms. The fraction of sp³-hybridized carbons (Fsp3) is 0.700. The van der Waals surface area contributed by atoms with Crippen molar-refractivity contribution < 1.29 is 9.59 Å². The Morgan fingerprint density at radius 1 is 1.03 bits per heavy atom. The zero-order valence-electron chi connectivity index (χ0n) is 17.4. The minimum Gasteiger partial charge on any atom is -0.355 e. The number of piperazine rings is 2. The number of amides is 2. The molecule has 1 aromatic rings. The summed E-state index contributed by atoms with van der Waals surface area (Å²) in [7, 11) is 2.15. The summed E-state index contributed by atoms with van der Waals surface area (Å²) in [5.74, 6) is 1.88. The lowest BCUT2D eigenvalue weighted by Crippen LogP contribution is -2.53. The first-order chi connectivity index (χ1) is 14.0. The standard InChI is InChI=1S/C20H31N7O2/c1-15-13-17(25-7-5-24(2)6-8-25)23-20(22-15)27-11-9-26(10-12-27)19(29)16-3-4-18(28)21-14-16/h13,16H,3-12,14H2,1-2H3,(H,21,28). The Bertz CT molecular complexity index is 745. The van der Waals surface area contributed by atoms with Crippen molar-refractivity contribution in [1.29, 1.82) is 0 Å². The molecule has 0 spiro atoms. The van der Waals surface area contributed by atoms with E-state index in [9.17, 15) is 9.59 Å². The summed E-state index contributed by atoms with van der Waals surface area (Å²) in [6.07, 6.45) is 1.10. The SMILES string of the molecule is Cc1cc(N2CCN(C)CC2)nc(N2CCN(C(=O)C3CCC(=O)NC3)CC2)n1. The lowest BCUT2D eigenvalue weighted by Gasteiger charge is -2.38. The maximum absolute atomic E-state index is 12.8. The van der Waals surface area contributed by atoms with Crippen LogP contribution in [0, 0.1) is 12.8 Å². The number of piperidine rings is 1. The monoisotopic (exact) mass is 401 g/mol. The third-order valence-electron chi connectivity index (χ3n) is 6.15. The number of hydrogen-bond acceptors (Lipinski definition) is 7. The topological polar surface area (TPSA) is 84.9 Å². The van der Waals surface area contributed by atoms with Crippen LogP contribution in [-0.4, -0.2) is 97.5 Å². The van der Waals surface area contributed by atoms with Crippen LogP contribution < -0.4 is 15.1 Å². The molecular weight excluding hydrogens is 370 g/mol. The highest BCUT2D eigenvalue weighted by molar-refractivity contribution is 5.84. The molecule has 4 rings (SSSR count). The lowest BCUT2D eigenvalue weighted by atomic mass is 9.97. The predicted octanol–water partition coefficient (Wildman–Crippen LogP) is -0.288. The Kier molecular flexibility index (Phi) is 5.84. The van der Waals surface area contributed by atoms with Crippen molar-refractivity contribution in [2.45, 2.75) is 19.8 Å². The van der Waals surface area contributed by atoms with Gasteiger partial charge in [0, 0.05) is 77.1 Å². The van der Waals surface area contributed by atoms with Gasteiger partial charge in [0.2, 0.25) is 17.8 Å². The van der Waals surface area contributed by atoms with Gasteiger partial charge in [-0.1, -0.05) is 0 Å². The number of anilines is 2. The molecule has 158 valence electrons. The summed E-state index contributed by atoms with van der Waals surface area (Å²) in [5, 5.41) is 2.81. The molecule has 0 radical (unpaired) electrons. The average molecular weight is 402 g/mol. The first-order valence-corrected chi connectivity index (χ1v) is 10.6. The van der Waals surface area contributed by atoms with Crippen LogP contribution >= 0.6 is 0 Å². The fourth-order valence-corrected chi connectivity index (χ4v) is 4.20. The molecular formula is C20H31N7O2. The first-order valence-electron chi connectivity index (χ1n) is 10.6.